The molecular formula is C18H19F2NOS. The molecule has 0 aliphatic carbocycles. The van der Waals surface area contributed by atoms with Crippen LogP contribution in [0.3, 0.4) is 0 Å². The average Bonchev–Trinajstić information content (AvgIpc) is 2.48. The summed E-state index contributed by atoms with van der Waals surface area (Å²) in [7, 11) is 0. The predicted octanol–water partition coefficient (Wildman–Crippen LogP) is 4.99. The summed E-state index contributed by atoms with van der Waals surface area (Å²) in [5, 5.41) is 2.89. The Kier molecular flexibility index (Phi) is 5.42. The molecule has 0 fully saturated rings. The molecule has 0 saturated heterocycles. The summed E-state index contributed by atoms with van der Waals surface area (Å²) in [4.78, 5) is 12.6. The van der Waals surface area contributed by atoms with Crippen LogP contribution in [0.1, 0.15) is 26.3 Å². The summed E-state index contributed by atoms with van der Waals surface area (Å²) in [6.07, 6.45) is 0. The Morgan fingerprint density at radius 3 is 2.43 bits per heavy atom. The molecule has 2 rings (SSSR count). The number of rotatable bonds is 4. The van der Waals surface area contributed by atoms with Crippen molar-refractivity contribution in [1.29, 1.82) is 0 Å². The van der Waals surface area contributed by atoms with Gasteiger partial charge in [0.15, 0.2) is 11.6 Å². The maximum atomic E-state index is 13.1. The van der Waals surface area contributed by atoms with Crippen LogP contribution in [-0.2, 0) is 10.2 Å². The van der Waals surface area contributed by atoms with Gasteiger partial charge in [0.1, 0.15) is 0 Å². The van der Waals surface area contributed by atoms with E-state index in [2.05, 4.69) is 26.1 Å². The molecule has 2 aromatic carbocycles. The van der Waals surface area contributed by atoms with Crippen molar-refractivity contribution in [2.45, 2.75) is 31.1 Å². The third-order valence-electron chi connectivity index (χ3n) is 3.27. The van der Waals surface area contributed by atoms with Gasteiger partial charge in [-0.2, -0.15) is 0 Å². The third-order valence-corrected chi connectivity index (χ3v) is 4.26. The van der Waals surface area contributed by atoms with Crippen molar-refractivity contribution in [1.82, 2.24) is 0 Å². The van der Waals surface area contributed by atoms with Crippen LogP contribution in [-0.4, -0.2) is 11.7 Å². The fourth-order valence-electron chi connectivity index (χ4n) is 2.15. The van der Waals surface area contributed by atoms with Gasteiger partial charge in [-0.1, -0.05) is 39.0 Å². The molecule has 0 atom stereocenters. The lowest BCUT2D eigenvalue weighted by atomic mass is 9.86. The third kappa shape index (κ3) is 4.79. The molecule has 0 aliphatic heterocycles. The maximum absolute atomic E-state index is 13.1. The fourth-order valence-corrected chi connectivity index (χ4v) is 2.87. The normalized spacial score (nSPS) is 11.3. The van der Waals surface area contributed by atoms with Crippen molar-refractivity contribution >= 4 is 23.4 Å². The summed E-state index contributed by atoms with van der Waals surface area (Å²) >= 11 is 1.17. The van der Waals surface area contributed by atoms with E-state index in [1.54, 1.807) is 0 Å². The van der Waals surface area contributed by atoms with Gasteiger partial charge in [0.05, 0.1) is 5.75 Å². The van der Waals surface area contributed by atoms with Gasteiger partial charge in [0.25, 0.3) is 0 Å². The molecule has 2 nitrogen and oxygen atoms in total. The first-order chi connectivity index (χ1) is 10.8. The molecule has 122 valence electrons. The Labute approximate surface area is 139 Å². The second-order valence-electron chi connectivity index (χ2n) is 6.21. The molecule has 2 aromatic rings. The van der Waals surface area contributed by atoms with Gasteiger partial charge in [0, 0.05) is 10.6 Å². The molecule has 5 heteroatoms. The first-order valence-electron chi connectivity index (χ1n) is 7.24. The SMILES string of the molecule is CC(C)(C)c1ccccc1NC(=O)CSc1ccc(F)c(F)c1. The maximum Gasteiger partial charge on any atom is 0.234 e. The van der Waals surface area contributed by atoms with E-state index in [1.165, 1.54) is 17.8 Å². The lowest BCUT2D eigenvalue weighted by molar-refractivity contribution is -0.113. The average molecular weight is 335 g/mol. The number of thioether (sulfide) groups is 1. The molecule has 0 bridgehead atoms. The van der Waals surface area contributed by atoms with Crippen LogP contribution in [0.2, 0.25) is 0 Å². The molecule has 0 unspecified atom stereocenters. The van der Waals surface area contributed by atoms with Gasteiger partial charge < -0.3 is 5.32 Å². The minimum absolute atomic E-state index is 0.0862. The van der Waals surface area contributed by atoms with Gasteiger partial charge in [0.2, 0.25) is 5.91 Å². The summed E-state index contributed by atoms with van der Waals surface area (Å²) in [6, 6.07) is 11.3. The smallest absolute Gasteiger partial charge is 0.234 e. The Hall–Kier alpha value is -1.88. The van der Waals surface area contributed by atoms with Crippen LogP contribution >= 0.6 is 11.8 Å². The number of carbonyl (C=O) groups excluding carboxylic acids is 1. The zero-order valence-electron chi connectivity index (χ0n) is 13.3. The van der Waals surface area contributed by atoms with Crippen LogP contribution in [0, 0.1) is 11.6 Å². The van der Waals surface area contributed by atoms with E-state index in [1.807, 2.05) is 24.3 Å². The Balaban J connectivity index is 2.02. The Morgan fingerprint density at radius 2 is 1.78 bits per heavy atom. The summed E-state index contributed by atoms with van der Waals surface area (Å²) in [5.41, 5.74) is 1.74. The lowest BCUT2D eigenvalue weighted by Gasteiger charge is -2.23. The van der Waals surface area contributed by atoms with E-state index in [-0.39, 0.29) is 17.1 Å². The van der Waals surface area contributed by atoms with Crippen LogP contribution in [0.15, 0.2) is 47.4 Å². The number of halogens is 2. The minimum Gasteiger partial charge on any atom is -0.325 e. The second kappa shape index (κ2) is 7.13. The van der Waals surface area contributed by atoms with Crippen molar-refractivity contribution in [3.8, 4) is 0 Å². The number of anilines is 1. The molecule has 0 aromatic heterocycles. The molecule has 0 radical (unpaired) electrons. The van der Waals surface area contributed by atoms with E-state index >= 15 is 0 Å². The van der Waals surface area contributed by atoms with Crippen LogP contribution < -0.4 is 5.32 Å². The number of carbonyl (C=O) groups is 1. The first kappa shape index (κ1) is 17.5. The van der Waals surface area contributed by atoms with Gasteiger partial charge in [-0.05, 0) is 35.2 Å². The molecule has 1 N–H and O–H groups in total. The van der Waals surface area contributed by atoms with Crippen molar-refractivity contribution in [3.63, 3.8) is 0 Å². The van der Waals surface area contributed by atoms with Crippen molar-refractivity contribution in [2.75, 3.05) is 11.1 Å². The first-order valence-corrected chi connectivity index (χ1v) is 8.23. The molecule has 0 saturated carbocycles. The van der Waals surface area contributed by atoms with Gasteiger partial charge in [-0.3, -0.25) is 4.79 Å². The highest BCUT2D eigenvalue weighted by Gasteiger charge is 2.18. The monoisotopic (exact) mass is 335 g/mol. The number of para-hydroxylation sites is 1. The fraction of sp³-hybridized carbons (Fsp3) is 0.278. The quantitative estimate of drug-likeness (QED) is 0.797. The Bertz CT molecular complexity index is 710. The molecular weight excluding hydrogens is 316 g/mol. The largest absolute Gasteiger partial charge is 0.325 e. The lowest BCUT2D eigenvalue weighted by Crippen LogP contribution is -2.19. The number of hydrogen-bond acceptors (Lipinski definition) is 2. The van der Waals surface area contributed by atoms with E-state index in [0.29, 0.717) is 4.90 Å². The molecule has 0 heterocycles. The zero-order chi connectivity index (χ0) is 17.0. The van der Waals surface area contributed by atoms with Crippen molar-refractivity contribution in [2.24, 2.45) is 0 Å². The predicted molar refractivity (Wildman–Crippen MR) is 90.9 cm³/mol. The van der Waals surface area contributed by atoms with E-state index < -0.39 is 11.6 Å². The van der Waals surface area contributed by atoms with Crippen LogP contribution in [0.25, 0.3) is 0 Å². The standard InChI is InChI=1S/C18H19F2NOS/c1-18(2,3)13-6-4-5-7-16(13)21-17(22)11-23-12-8-9-14(19)15(20)10-12/h4-10H,11H2,1-3H3,(H,21,22). The highest BCUT2D eigenvalue weighted by molar-refractivity contribution is 8.00. The van der Waals surface area contributed by atoms with E-state index in [9.17, 15) is 13.6 Å². The molecule has 1 amide bonds. The molecule has 0 spiro atoms. The number of amides is 1. The van der Waals surface area contributed by atoms with E-state index in [4.69, 9.17) is 0 Å². The van der Waals surface area contributed by atoms with Gasteiger partial charge in [-0.15, -0.1) is 11.8 Å². The van der Waals surface area contributed by atoms with E-state index in [0.717, 1.165) is 23.4 Å². The summed E-state index contributed by atoms with van der Waals surface area (Å²) in [6.45, 7) is 6.23. The van der Waals surface area contributed by atoms with Gasteiger partial charge in [-0.25, -0.2) is 8.78 Å². The van der Waals surface area contributed by atoms with Gasteiger partial charge >= 0.3 is 0 Å². The Morgan fingerprint density at radius 1 is 1.09 bits per heavy atom. The number of nitrogens with one attached hydrogen (secondary N) is 1. The highest BCUT2D eigenvalue weighted by Crippen LogP contribution is 2.29. The second-order valence-corrected chi connectivity index (χ2v) is 7.26. The molecule has 0 aliphatic rings. The van der Waals surface area contributed by atoms with Crippen LogP contribution in [0.4, 0.5) is 14.5 Å². The minimum atomic E-state index is -0.909. The number of benzene rings is 2. The zero-order valence-corrected chi connectivity index (χ0v) is 14.1. The van der Waals surface area contributed by atoms with Crippen LogP contribution in [0.5, 0.6) is 0 Å². The number of hydrogen-bond donors (Lipinski definition) is 1. The van der Waals surface area contributed by atoms with Crippen molar-refractivity contribution < 1.29 is 13.6 Å². The molecule has 23 heavy (non-hydrogen) atoms. The van der Waals surface area contributed by atoms with Crippen molar-refractivity contribution in [3.05, 3.63) is 59.7 Å². The summed E-state index contributed by atoms with van der Waals surface area (Å²) in [5.74, 6) is -1.85. The topological polar surface area (TPSA) is 29.1 Å². The summed E-state index contributed by atoms with van der Waals surface area (Å²) < 4.78 is 26.0. The highest BCUT2D eigenvalue weighted by atomic mass is 32.2.